The predicted molar refractivity (Wildman–Crippen MR) is 96.0 cm³/mol. The van der Waals surface area contributed by atoms with Crippen LogP contribution >= 0.6 is 0 Å². The summed E-state index contributed by atoms with van der Waals surface area (Å²) in [5, 5.41) is 2.66. The molecule has 0 bridgehead atoms. The van der Waals surface area contributed by atoms with E-state index in [0.717, 1.165) is 11.6 Å². The van der Waals surface area contributed by atoms with Crippen LogP contribution in [0.3, 0.4) is 0 Å². The maximum Gasteiger partial charge on any atom is 0.416 e. The topological polar surface area (TPSA) is 49.4 Å². The van der Waals surface area contributed by atoms with Gasteiger partial charge in [0, 0.05) is 32.1 Å². The van der Waals surface area contributed by atoms with Crippen LogP contribution in [0.2, 0.25) is 0 Å². The van der Waals surface area contributed by atoms with Crippen LogP contribution in [-0.2, 0) is 17.5 Å². The van der Waals surface area contributed by atoms with E-state index in [1.807, 2.05) is 19.1 Å². The number of amides is 2. The number of aryl methyl sites for hydroxylation is 1. The lowest BCUT2D eigenvalue weighted by molar-refractivity contribution is -0.139. The minimum atomic E-state index is -4.47. The molecule has 0 aliphatic rings. The van der Waals surface area contributed by atoms with E-state index in [1.54, 1.807) is 12.1 Å². The first kappa shape index (κ1) is 20.5. The molecule has 0 radical (unpaired) electrons. The number of carbonyl (C=O) groups is 2. The lowest BCUT2D eigenvalue weighted by atomic mass is 10.1. The fourth-order valence-corrected chi connectivity index (χ4v) is 2.68. The highest BCUT2D eigenvalue weighted by Gasteiger charge is 2.33. The van der Waals surface area contributed by atoms with E-state index in [0.29, 0.717) is 5.56 Å². The van der Waals surface area contributed by atoms with Crippen molar-refractivity contribution in [1.82, 2.24) is 10.2 Å². The van der Waals surface area contributed by atoms with E-state index in [1.165, 1.54) is 30.1 Å². The van der Waals surface area contributed by atoms with Gasteiger partial charge in [0.15, 0.2) is 0 Å². The lowest BCUT2D eigenvalue weighted by Crippen LogP contribution is -2.32. The second-order valence-electron chi connectivity index (χ2n) is 6.23. The number of nitrogens with one attached hydrogen (secondary N) is 1. The van der Waals surface area contributed by atoms with Gasteiger partial charge >= 0.3 is 6.18 Å². The SMILES string of the molecule is Cc1ccccc1C(=O)NCCC(=O)N(C)Cc1ccccc1C(F)(F)F. The molecule has 0 spiro atoms. The number of rotatable bonds is 6. The molecular formula is C20H21F3N2O2. The summed E-state index contributed by atoms with van der Waals surface area (Å²) in [6.07, 6.45) is -4.47. The van der Waals surface area contributed by atoms with E-state index in [9.17, 15) is 22.8 Å². The van der Waals surface area contributed by atoms with Gasteiger partial charge in [-0.1, -0.05) is 36.4 Å². The summed E-state index contributed by atoms with van der Waals surface area (Å²) < 4.78 is 39.1. The molecule has 0 aliphatic carbocycles. The molecule has 2 aromatic rings. The molecule has 0 aromatic heterocycles. The highest BCUT2D eigenvalue weighted by molar-refractivity contribution is 5.95. The number of benzene rings is 2. The Kier molecular flexibility index (Phi) is 6.60. The average molecular weight is 378 g/mol. The number of halogens is 3. The largest absolute Gasteiger partial charge is 0.416 e. The molecule has 0 unspecified atom stereocenters. The summed E-state index contributed by atoms with van der Waals surface area (Å²) in [6, 6.07) is 12.2. The van der Waals surface area contributed by atoms with Crippen molar-refractivity contribution in [2.24, 2.45) is 0 Å². The minimum absolute atomic E-state index is 0.00229. The van der Waals surface area contributed by atoms with E-state index < -0.39 is 11.7 Å². The van der Waals surface area contributed by atoms with Crippen molar-refractivity contribution in [2.45, 2.75) is 26.1 Å². The molecule has 2 rings (SSSR count). The van der Waals surface area contributed by atoms with Crippen LogP contribution in [0.15, 0.2) is 48.5 Å². The van der Waals surface area contributed by atoms with E-state index >= 15 is 0 Å². The van der Waals surface area contributed by atoms with Crippen molar-refractivity contribution >= 4 is 11.8 Å². The Morgan fingerprint density at radius 2 is 1.67 bits per heavy atom. The quantitative estimate of drug-likeness (QED) is 0.831. The molecule has 27 heavy (non-hydrogen) atoms. The van der Waals surface area contributed by atoms with Gasteiger partial charge in [0.1, 0.15) is 0 Å². The van der Waals surface area contributed by atoms with Crippen LogP contribution in [0, 0.1) is 6.92 Å². The predicted octanol–water partition coefficient (Wildman–Crippen LogP) is 3.79. The van der Waals surface area contributed by atoms with Gasteiger partial charge in [-0.25, -0.2) is 0 Å². The minimum Gasteiger partial charge on any atom is -0.352 e. The molecule has 0 saturated heterocycles. The lowest BCUT2D eigenvalue weighted by Gasteiger charge is -2.20. The third-order valence-electron chi connectivity index (χ3n) is 4.17. The van der Waals surface area contributed by atoms with Gasteiger partial charge in [0.05, 0.1) is 5.56 Å². The first-order valence-corrected chi connectivity index (χ1v) is 8.43. The highest BCUT2D eigenvalue weighted by Crippen LogP contribution is 2.32. The number of alkyl halides is 3. The second kappa shape index (κ2) is 8.70. The van der Waals surface area contributed by atoms with Gasteiger partial charge in [0.2, 0.25) is 5.91 Å². The first-order chi connectivity index (χ1) is 12.7. The van der Waals surface area contributed by atoms with Crippen molar-refractivity contribution in [2.75, 3.05) is 13.6 Å². The summed E-state index contributed by atoms with van der Waals surface area (Å²) in [6.45, 7) is 1.77. The first-order valence-electron chi connectivity index (χ1n) is 8.43. The Labute approximate surface area is 156 Å². The highest BCUT2D eigenvalue weighted by atomic mass is 19.4. The molecule has 2 aromatic carbocycles. The standard InChI is InChI=1S/C20H21F3N2O2/c1-14-7-3-5-9-16(14)19(27)24-12-11-18(26)25(2)13-15-8-4-6-10-17(15)20(21,22)23/h3-10H,11-13H2,1-2H3,(H,24,27). The molecule has 4 nitrogen and oxygen atoms in total. The van der Waals surface area contributed by atoms with Crippen molar-refractivity contribution in [3.8, 4) is 0 Å². The summed E-state index contributed by atoms with van der Waals surface area (Å²) in [5.74, 6) is -0.636. The Morgan fingerprint density at radius 1 is 1.04 bits per heavy atom. The van der Waals surface area contributed by atoms with Crippen LogP contribution in [0.1, 0.15) is 33.5 Å². The summed E-state index contributed by atoms with van der Waals surface area (Å²) >= 11 is 0. The number of hydrogen-bond acceptors (Lipinski definition) is 2. The molecule has 0 heterocycles. The van der Waals surface area contributed by atoms with Crippen LogP contribution in [0.5, 0.6) is 0 Å². The summed E-state index contributed by atoms with van der Waals surface area (Å²) in [7, 11) is 1.44. The Bertz CT molecular complexity index is 819. The maximum atomic E-state index is 13.0. The summed E-state index contributed by atoms with van der Waals surface area (Å²) in [5.41, 5.74) is 0.627. The Morgan fingerprint density at radius 3 is 2.33 bits per heavy atom. The second-order valence-corrected chi connectivity index (χ2v) is 6.23. The molecule has 0 aliphatic heterocycles. The monoisotopic (exact) mass is 378 g/mol. The smallest absolute Gasteiger partial charge is 0.352 e. The van der Waals surface area contributed by atoms with Crippen LogP contribution in [-0.4, -0.2) is 30.3 Å². The zero-order valence-corrected chi connectivity index (χ0v) is 15.1. The number of nitrogens with zero attached hydrogens (tertiary/aromatic N) is 1. The summed E-state index contributed by atoms with van der Waals surface area (Å²) in [4.78, 5) is 25.5. The van der Waals surface area contributed by atoms with E-state index in [2.05, 4.69) is 5.32 Å². The van der Waals surface area contributed by atoms with E-state index in [-0.39, 0.29) is 36.9 Å². The molecule has 1 N–H and O–H groups in total. The Hall–Kier alpha value is -2.83. The van der Waals surface area contributed by atoms with Gasteiger partial charge in [0.25, 0.3) is 5.91 Å². The van der Waals surface area contributed by atoms with Gasteiger partial charge in [-0.05, 0) is 30.2 Å². The molecule has 0 saturated carbocycles. The van der Waals surface area contributed by atoms with Gasteiger partial charge in [-0.2, -0.15) is 13.2 Å². The maximum absolute atomic E-state index is 13.0. The van der Waals surface area contributed by atoms with Gasteiger partial charge < -0.3 is 10.2 Å². The fraction of sp³-hybridized carbons (Fsp3) is 0.300. The number of hydrogen-bond donors (Lipinski definition) is 1. The van der Waals surface area contributed by atoms with Crippen molar-refractivity contribution in [3.05, 3.63) is 70.8 Å². The molecule has 144 valence electrons. The average Bonchev–Trinajstić information content (AvgIpc) is 2.61. The molecule has 0 atom stereocenters. The van der Waals surface area contributed by atoms with Crippen molar-refractivity contribution < 1.29 is 22.8 Å². The zero-order valence-electron chi connectivity index (χ0n) is 15.1. The zero-order chi connectivity index (χ0) is 20.0. The Balaban J connectivity index is 1.90. The molecule has 0 fully saturated rings. The molecule has 2 amide bonds. The van der Waals surface area contributed by atoms with E-state index in [4.69, 9.17) is 0 Å². The third-order valence-corrected chi connectivity index (χ3v) is 4.17. The molecule has 7 heteroatoms. The number of carbonyl (C=O) groups excluding carboxylic acids is 2. The normalized spacial score (nSPS) is 11.1. The van der Waals surface area contributed by atoms with Crippen LogP contribution < -0.4 is 5.32 Å². The van der Waals surface area contributed by atoms with Crippen molar-refractivity contribution in [3.63, 3.8) is 0 Å². The van der Waals surface area contributed by atoms with Gasteiger partial charge in [-0.15, -0.1) is 0 Å². The van der Waals surface area contributed by atoms with Gasteiger partial charge in [-0.3, -0.25) is 9.59 Å². The third kappa shape index (κ3) is 5.57. The fourth-order valence-electron chi connectivity index (χ4n) is 2.68. The molecular weight excluding hydrogens is 357 g/mol. The van der Waals surface area contributed by atoms with Crippen LogP contribution in [0.4, 0.5) is 13.2 Å². The van der Waals surface area contributed by atoms with Crippen molar-refractivity contribution in [1.29, 1.82) is 0 Å². The van der Waals surface area contributed by atoms with Crippen LogP contribution in [0.25, 0.3) is 0 Å².